The highest BCUT2D eigenvalue weighted by Gasteiger charge is 2.66. The van der Waals surface area contributed by atoms with E-state index < -0.39 is 28.9 Å². The number of para-hydroxylation sites is 1. The van der Waals surface area contributed by atoms with Crippen LogP contribution in [-0.4, -0.2) is 61.0 Å². The van der Waals surface area contributed by atoms with Gasteiger partial charge in [-0.25, -0.2) is 0 Å². The first kappa shape index (κ1) is 25.2. The molecule has 2 heterocycles. The predicted molar refractivity (Wildman–Crippen MR) is 136 cm³/mol. The third-order valence-electron chi connectivity index (χ3n) is 6.48. The number of Topliss-reactive ketones (excluding diaryl/α,β-unsaturated/α-hetero) is 1. The quantitative estimate of drug-likeness (QED) is 0.180. The molecule has 2 aliphatic heterocycles. The van der Waals surface area contributed by atoms with Gasteiger partial charge in [0.1, 0.15) is 18.1 Å². The van der Waals surface area contributed by atoms with Crippen LogP contribution in [0.15, 0.2) is 66.8 Å². The molecule has 0 bridgehead atoms. The Bertz CT molecular complexity index is 1220. The van der Waals surface area contributed by atoms with Gasteiger partial charge in [-0.15, -0.1) is 0 Å². The van der Waals surface area contributed by atoms with Crippen LogP contribution in [0.5, 0.6) is 5.75 Å². The van der Waals surface area contributed by atoms with Gasteiger partial charge in [0.05, 0.1) is 11.3 Å². The summed E-state index contributed by atoms with van der Waals surface area (Å²) in [6, 6.07) is 13.6. The second kappa shape index (κ2) is 10.4. The second-order valence-electron chi connectivity index (χ2n) is 8.66. The molecular formula is C28H30N2O6. The van der Waals surface area contributed by atoms with Gasteiger partial charge in [-0.1, -0.05) is 37.8 Å². The van der Waals surface area contributed by atoms with E-state index >= 15 is 0 Å². The molecule has 2 aromatic rings. The number of likely N-dealkylation sites (tertiary alicyclic amines) is 1. The zero-order valence-corrected chi connectivity index (χ0v) is 20.5. The van der Waals surface area contributed by atoms with Gasteiger partial charge in [0, 0.05) is 37.9 Å². The summed E-state index contributed by atoms with van der Waals surface area (Å²) in [6.07, 6.45) is 2.71. The summed E-state index contributed by atoms with van der Waals surface area (Å²) in [7, 11) is 1.55. The van der Waals surface area contributed by atoms with Crippen LogP contribution in [0.25, 0.3) is 5.76 Å². The van der Waals surface area contributed by atoms with E-state index in [9.17, 15) is 19.5 Å². The van der Waals surface area contributed by atoms with E-state index in [0.29, 0.717) is 55.2 Å². The Morgan fingerprint density at radius 1 is 1.08 bits per heavy atom. The van der Waals surface area contributed by atoms with E-state index in [4.69, 9.17) is 9.47 Å². The number of carbonyl (C=O) groups is 3. The first-order valence-electron chi connectivity index (χ1n) is 12.0. The van der Waals surface area contributed by atoms with Crippen molar-refractivity contribution in [1.82, 2.24) is 4.90 Å². The number of benzene rings is 2. The Morgan fingerprint density at radius 2 is 1.81 bits per heavy atom. The van der Waals surface area contributed by atoms with Gasteiger partial charge < -0.3 is 24.4 Å². The lowest BCUT2D eigenvalue weighted by Gasteiger charge is -2.34. The number of aliphatic hydroxyl groups is 1. The molecule has 1 N–H and O–H groups in total. The Kier molecular flexibility index (Phi) is 7.26. The van der Waals surface area contributed by atoms with Crippen molar-refractivity contribution in [3.8, 4) is 5.75 Å². The van der Waals surface area contributed by atoms with Gasteiger partial charge >= 0.3 is 0 Å². The molecule has 2 amide bonds. The minimum atomic E-state index is -1.75. The third kappa shape index (κ3) is 3.87. The molecule has 8 heteroatoms. The summed E-state index contributed by atoms with van der Waals surface area (Å²) >= 11 is 0. The number of ketones is 1. The SMILES string of the molecule is C=CCOc1ccc(C(O)=C2C(=O)C(=O)N(CCCOC)C23C(=O)N(CCC)c2ccccc23)cc1. The number of ether oxygens (including phenoxy) is 2. The van der Waals surface area contributed by atoms with Crippen LogP contribution in [0, 0.1) is 0 Å². The van der Waals surface area contributed by atoms with E-state index in [2.05, 4.69) is 6.58 Å². The lowest BCUT2D eigenvalue weighted by Crippen LogP contribution is -2.52. The summed E-state index contributed by atoms with van der Waals surface area (Å²) in [5.41, 5.74) is -0.541. The van der Waals surface area contributed by atoms with Gasteiger partial charge in [-0.05, 0) is 43.2 Å². The fraction of sp³-hybridized carbons (Fsp3) is 0.321. The van der Waals surface area contributed by atoms with Crippen LogP contribution in [0.1, 0.15) is 30.9 Å². The lowest BCUT2D eigenvalue weighted by atomic mass is 9.82. The van der Waals surface area contributed by atoms with Gasteiger partial charge in [-0.2, -0.15) is 0 Å². The molecule has 2 aliphatic rings. The Balaban J connectivity index is 1.94. The lowest BCUT2D eigenvalue weighted by molar-refractivity contribution is -0.143. The van der Waals surface area contributed by atoms with Gasteiger partial charge in [0.2, 0.25) is 0 Å². The number of anilines is 1. The van der Waals surface area contributed by atoms with Crippen molar-refractivity contribution in [2.75, 3.05) is 38.3 Å². The van der Waals surface area contributed by atoms with E-state index in [1.54, 1.807) is 60.6 Å². The van der Waals surface area contributed by atoms with Crippen LogP contribution in [0.2, 0.25) is 0 Å². The largest absolute Gasteiger partial charge is 0.507 e. The zero-order chi connectivity index (χ0) is 25.9. The predicted octanol–water partition coefficient (Wildman–Crippen LogP) is 3.62. The average Bonchev–Trinajstić information content (AvgIpc) is 3.27. The standard InChI is InChI=1S/C28H30N2O6/c1-4-15-29-22-10-7-6-9-21(22)28(27(29)34)23(25(32)26(33)30(28)16-8-18-35-3)24(31)19-11-13-20(14-12-19)36-17-5-2/h5-7,9-14,31H,2,4,8,15-18H2,1,3H3. The summed E-state index contributed by atoms with van der Waals surface area (Å²) < 4.78 is 10.7. The highest BCUT2D eigenvalue weighted by atomic mass is 16.5. The molecule has 0 radical (unpaired) electrons. The zero-order valence-electron chi connectivity index (χ0n) is 20.5. The maximum Gasteiger partial charge on any atom is 0.296 e. The highest BCUT2D eigenvalue weighted by Crippen LogP contribution is 2.53. The monoisotopic (exact) mass is 490 g/mol. The topological polar surface area (TPSA) is 96.4 Å². The molecule has 1 atom stereocenters. The minimum Gasteiger partial charge on any atom is -0.507 e. The number of carbonyl (C=O) groups excluding carboxylic acids is 3. The maximum atomic E-state index is 14.2. The van der Waals surface area contributed by atoms with Crippen LogP contribution < -0.4 is 9.64 Å². The first-order chi connectivity index (χ1) is 17.4. The van der Waals surface area contributed by atoms with E-state index in [1.807, 2.05) is 13.0 Å². The molecular weight excluding hydrogens is 460 g/mol. The number of fused-ring (bicyclic) bond motifs is 2. The molecule has 36 heavy (non-hydrogen) atoms. The van der Waals surface area contributed by atoms with Crippen molar-refractivity contribution in [3.63, 3.8) is 0 Å². The smallest absolute Gasteiger partial charge is 0.296 e. The molecule has 2 aromatic carbocycles. The first-order valence-corrected chi connectivity index (χ1v) is 12.0. The van der Waals surface area contributed by atoms with E-state index in [0.717, 1.165) is 0 Å². The van der Waals surface area contributed by atoms with Gasteiger partial charge in [-0.3, -0.25) is 14.4 Å². The van der Waals surface area contributed by atoms with Crippen LogP contribution >= 0.6 is 0 Å². The Labute approximate surface area is 210 Å². The van der Waals surface area contributed by atoms with Crippen LogP contribution in [-0.2, 0) is 24.7 Å². The average molecular weight is 491 g/mol. The van der Waals surface area contributed by atoms with Crippen molar-refractivity contribution < 1.29 is 29.0 Å². The number of amides is 2. The van der Waals surface area contributed by atoms with Crippen molar-refractivity contribution in [2.45, 2.75) is 25.3 Å². The number of hydrogen-bond donors (Lipinski definition) is 1. The number of aliphatic hydroxyl groups excluding tert-OH is 1. The van der Waals surface area contributed by atoms with Crippen LogP contribution in [0.3, 0.4) is 0 Å². The molecule has 0 aliphatic carbocycles. The molecule has 8 nitrogen and oxygen atoms in total. The van der Waals surface area contributed by atoms with Crippen molar-refractivity contribution in [2.24, 2.45) is 0 Å². The van der Waals surface area contributed by atoms with Gasteiger partial charge in [0.15, 0.2) is 5.54 Å². The normalized spacial score (nSPS) is 20.3. The Hall–Kier alpha value is -3.91. The fourth-order valence-electron chi connectivity index (χ4n) is 4.99. The maximum absolute atomic E-state index is 14.2. The van der Waals surface area contributed by atoms with E-state index in [-0.39, 0.29) is 12.1 Å². The minimum absolute atomic E-state index is 0.115. The molecule has 0 aromatic heterocycles. The van der Waals surface area contributed by atoms with Crippen molar-refractivity contribution >= 4 is 29.0 Å². The number of nitrogens with zero attached hydrogens (tertiary/aromatic N) is 2. The van der Waals surface area contributed by atoms with Gasteiger partial charge in [0.25, 0.3) is 17.6 Å². The Morgan fingerprint density at radius 3 is 2.47 bits per heavy atom. The molecule has 1 saturated heterocycles. The van der Waals surface area contributed by atoms with Crippen LogP contribution in [0.4, 0.5) is 5.69 Å². The van der Waals surface area contributed by atoms with Crippen molar-refractivity contribution in [1.29, 1.82) is 0 Å². The summed E-state index contributed by atoms with van der Waals surface area (Å²) in [4.78, 5) is 44.0. The highest BCUT2D eigenvalue weighted by molar-refractivity contribution is 6.50. The summed E-state index contributed by atoms with van der Waals surface area (Å²) in [5.74, 6) is -1.98. The summed E-state index contributed by atoms with van der Waals surface area (Å²) in [5, 5.41) is 11.5. The summed E-state index contributed by atoms with van der Waals surface area (Å²) in [6.45, 7) is 6.76. The molecule has 4 rings (SSSR count). The second-order valence-corrected chi connectivity index (χ2v) is 8.66. The number of rotatable bonds is 10. The fourth-order valence-corrected chi connectivity index (χ4v) is 4.99. The molecule has 1 fully saturated rings. The molecule has 188 valence electrons. The van der Waals surface area contributed by atoms with E-state index in [1.165, 1.54) is 4.90 Å². The molecule has 0 saturated carbocycles. The van der Waals surface area contributed by atoms with Crippen molar-refractivity contribution in [3.05, 3.63) is 77.9 Å². The number of hydrogen-bond acceptors (Lipinski definition) is 6. The molecule has 1 spiro atoms. The third-order valence-corrected chi connectivity index (χ3v) is 6.48. The number of methoxy groups -OCH3 is 1. The molecule has 1 unspecified atom stereocenters.